The van der Waals surface area contributed by atoms with Crippen LogP contribution in [0, 0.1) is 6.92 Å². The molecule has 0 aromatic carbocycles. The van der Waals surface area contributed by atoms with E-state index < -0.39 is 0 Å². The van der Waals surface area contributed by atoms with Crippen LogP contribution in [0.1, 0.15) is 24.6 Å². The van der Waals surface area contributed by atoms with Crippen LogP contribution in [0.2, 0.25) is 0 Å². The van der Waals surface area contributed by atoms with Crippen molar-refractivity contribution in [1.29, 1.82) is 0 Å². The highest BCUT2D eigenvalue weighted by Gasteiger charge is 2.08. The smallest absolute Gasteiger partial charge is 0.163 e. The summed E-state index contributed by atoms with van der Waals surface area (Å²) in [6.07, 6.45) is 5.48. The van der Waals surface area contributed by atoms with E-state index in [0.29, 0.717) is 11.6 Å². The van der Waals surface area contributed by atoms with E-state index in [2.05, 4.69) is 27.3 Å². The number of nitrogen functional groups attached to an aromatic ring is 1. The van der Waals surface area contributed by atoms with Crippen molar-refractivity contribution in [2.45, 2.75) is 26.7 Å². The molecule has 18 heavy (non-hydrogen) atoms. The molecular weight excluding hydrogens is 226 g/mol. The number of aromatic nitrogens is 3. The van der Waals surface area contributed by atoms with Gasteiger partial charge in [0.25, 0.3) is 0 Å². The Morgan fingerprint density at radius 2 is 2.17 bits per heavy atom. The monoisotopic (exact) mass is 243 g/mol. The van der Waals surface area contributed by atoms with Crippen LogP contribution in [0.5, 0.6) is 0 Å². The second-order valence-electron chi connectivity index (χ2n) is 4.15. The van der Waals surface area contributed by atoms with Crippen LogP contribution in [0.3, 0.4) is 0 Å². The minimum atomic E-state index is 0.631. The van der Waals surface area contributed by atoms with E-state index in [1.54, 1.807) is 12.4 Å². The predicted octanol–water partition coefficient (Wildman–Crippen LogP) is 2.09. The van der Waals surface area contributed by atoms with Crippen molar-refractivity contribution in [3.63, 3.8) is 0 Å². The fourth-order valence-corrected chi connectivity index (χ4v) is 1.77. The standard InChI is InChI=1S/C13H17N5/c1-3-4-10-7-12(18-14)17-13(16-10)11-8-15-6-5-9(11)2/h5-8H,3-4,14H2,1-2H3,(H,16,17,18). The highest BCUT2D eigenvalue weighted by atomic mass is 15.3. The molecule has 0 aliphatic rings. The third-order valence-electron chi connectivity index (χ3n) is 2.71. The van der Waals surface area contributed by atoms with Crippen LogP contribution < -0.4 is 11.3 Å². The molecule has 2 aromatic heterocycles. The van der Waals surface area contributed by atoms with Crippen LogP contribution in [-0.2, 0) is 6.42 Å². The summed E-state index contributed by atoms with van der Waals surface area (Å²) in [6.45, 7) is 4.13. The Labute approximate surface area is 106 Å². The first-order valence-electron chi connectivity index (χ1n) is 6.00. The topological polar surface area (TPSA) is 76.7 Å². The maximum atomic E-state index is 5.44. The number of nitrogens with two attached hydrogens (primary N) is 1. The van der Waals surface area contributed by atoms with Crippen LogP contribution in [0.15, 0.2) is 24.5 Å². The van der Waals surface area contributed by atoms with Gasteiger partial charge in [-0.15, -0.1) is 0 Å². The number of pyridine rings is 1. The average molecular weight is 243 g/mol. The maximum absolute atomic E-state index is 5.44. The van der Waals surface area contributed by atoms with Crippen LogP contribution in [-0.4, -0.2) is 15.0 Å². The van der Waals surface area contributed by atoms with Crippen LogP contribution in [0.4, 0.5) is 5.82 Å². The molecule has 5 nitrogen and oxygen atoms in total. The zero-order valence-electron chi connectivity index (χ0n) is 10.6. The third kappa shape index (κ3) is 2.62. The molecule has 0 radical (unpaired) electrons. The third-order valence-corrected chi connectivity index (χ3v) is 2.71. The minimum Gasteiger partial charge on any atom is -0.308 e. The lowest BCUT2D eigenvalue weighted by atomic mass is 10.1. The van der Waals surface area contributed by atoms with Gasteiger partial charge in [0.1, 0.15) is 5.82 Å². The van der Waals surface area contributed by atoms with Crippen molar-refractivity contribution < 1.29 is 0 Å². The lowest BCUT2D eigenvalue weighted by Gasteiger charge is -2.08. The van der Waals surface area contributed by atoms with Crippen molar-refractivity contribution in [1.82, 2.24) is 15.0 Å². The van der Waals surface area contributed by atoms with E-state index >= 15 is 0 Å². The molecule has 2 heterocycles. The van der Waals surface area contributed by atoms with Gasteiger partial charge >= 0.3 is 0 Å². The first-order chi connectivity index (χ1) is 8.74. The second kappa shape index (κ2) is 5.55. The fourth-order valence-electron chi connectivity index (χ4n) is 1.77. The van der Waals surface area contributed by atoms with Crippen molar-refractivity contribution in [3.05, 3.63) is 35.8 Å². The summed E-state index contributed by atoms with van der Waals surface area (Å²) in [5.74, 6) is 6.74. The van der Waals surface area contributed by atoms with Crippen LogP contribution >= 0.6 is 0 Å². The van der Waals surface area contributed by atoms with Crippen molar-refractivity contribution >= 4 is 5.82 Å². The van der Waals surface area contributed by atoms with Crippen LogP contribution in [0.25, 0.3) is 11.4 Å². The first-order valence-corrected chi connectivity index (χ1v) is 6.00. The summed E-state index contributed by atoms with van der Waals surface area (Å²) in [4.78, 5) is 13.1. The molecule has 2 aromatic rings. The molecule has 0 saturated heterocycles. The molecule has 3 N–H and O–H groups in total. The van der Waals surface area contributed by atoms with Crippen molar-refractivity contribution in [3.8, 4) is 11.4 Å². The Bertz CT molecular complexity index is 539. The van der Waals surface area contributed by atoms with Gasteiger partial charge in [-0.1, -0.05) is 13.3 Å². The number of nitrogens with zero attached hydrogens (tertiary/aromatic N) is 3. The van der Waals surface area contributed by atoms with Gasteiger partial charge in [-0.05, 0) is 25.0 Å². The van der Waals surface area contributed by atoms with E-state index in [1.807, 2.05) is 19.1 Å². The lowest BCUT2D eigenvalue weighted by molar-refractivity contribution is 0.874. The number of rotatable bonds is 4. The molecule has 0 aliphatic carbocycles. The lowest BCUT2D eigenvalue weighted by Crippen LogP contribution is -2.10. The van der Waals surface area contributed by atoms with Gasteiger partial charge in [0, 0.05) is 29.7 Å². The number of hydrazine groups is 1. The Hall–Kier alpha value is -2.01. The van der Waals surface area contributed by atoms with Gasteiger partial charge in [0.05, 0.1) is 0 Å². The summed E-state index contributed by atoms with van der Waals surface area (Å²) in [7, 11) is 0. The first kappa shape index (κ1) is 12.4. The van der Waals surface area contributed by atoms with Gasteiger partial charge < -0.3 is 5.43 Å². The largest absolute Gasteiger partial charge is 0.308 e. The summed E-state index contributed by atoms with van der Waals surface area (Å²) in [6, 6.07) is 3.82. The van der Waals surface area contributed by atoms with E-state index in [-0.39, 0.29) is 0 Å². The molecule has 0 fully saturated rings. The van der Waals surface area contributed by atoms with Gasteiger partial charge in [0.2, 0.25) is 0 Å². The Morgan fingerprint density at radius 3 is 2.83 bits per heavy atom. The number of hydrogen-bond donors (Lipinski definition) is 2. The maximum Gasteiger partial charge on any atom is 0.163 e. The van der Waals surface area contributed by atoms with E-state index in [0.717, 1.165) is 29.7 Å². The number of aryl methyl sites for hydroxylation is 2. The van der Waals surface area contributed by atoms with Gasteiger partial charge in [-0.2, -0.15) is 0 Å². The Balaban J connectivity index is 2.50. The number of hydrogen-bond acceptors (Lipinski definition) is 5. The van der Waals surface area contributed by atoms with Gasteiger partial charge in [-0.3, -0.25) is 4.98 Å². The molecule has 5 heteroatoms. The molecule has 0 spiro atoms. The predicted molar refractivity (Wildman–Crippen MR) is 71.8 cm³/mol. The fraction of sp³-hybridized carbons (Fsp3) is 0.308. The second-order valence-corrected chi connectivity index (χ2v) is 4.15. The van der Waals surface area contributed by atoms with E-state index in [9.17, 15) is 0 Å². The van der Waals surface area contributed by atoms with E-state index in [1.165, 1.54) is 0 Å². The summed E-state index contributed by atoms with van der Waals surface area (Å²) in [5, 5.41) is 0. The molecule has 0 unspecified atom stereocenters. The van der Waals surface area contributed by atoms with Gasteiger partial charge in [0.15, 0.2) is 5.82 Å². The Kier molecular flexibility index (Phi) is 3.84. The van der Waals surface area contributed by atoms with Gasteiger partial charge in [-0.25, -0.2) is 15.8 Å². The molecule has 2 rings (SSSR count). The SMILES string of the molecule is CCCc1cc(NN)nc(-c2cnccc2C)n1. The molecule has 0 amide bonds. The highest BCUT2D eigenvalue weighted by molar-refractivity contribution is 5.60. The Morgan fingerprint density at radius 1 is 1.33 bits per heavy atom. The summed E-state index contributed by atoms with van der Waals surface area (Å²) >= 11 is 0. The normalized spacial score (nSPS) is 10.4. The van der Waals surface area contributed by atoms with Crippen molar-refractivity contribution in [2.24, 2.45) is 5.84 Å². The van der Waals surface area contributed by atoms with E-state index in [4.69, 9.17) is 5.84 Å². The summed E-state index contributed by atoms with van der Waals surface area (Å²) in [5.41, 5.74) is 5.60. The molecular formula is C13H17N5. The number of anilines is 1. The van der Waals surface area contributed by atoms with Crippen molar-refractivity contribution in [2.75, 3.05) is 5.43 Å². The molecule has 0 bridgehead atoms. The molecule has 0 saturated carbocycles. The quantitative estimate of drug-likeness (QED) is 0.635. The summed E-state index contributed by atoms with van der Waals surface area (Å²) < 4.78 is 0. The highest BCUT2D eigenvalue weighted by Crippen LogP contribution is 2.20. The zero-order chi connectivity index (χ0) is 13.0. The molecule has 0 atom stereocenters. The number of nitrogens with one attached hydrogen (secondary N) is 1. The zero-order valence-corrected chi connectivity index (χ0v) is 10.6. The average Bonchev–Trinajstić information content (AvgIpc) is 2.39. The minimum absolute atomic E-state index is 0.631. The molecule has 0 aliphatic heterocycles. The molecule has 94 valence electrons.